The minimum absolute atomic E-state index is 0.0563. The van der Waals surface area contributed by atoms with Crippen LogP contribution in [-0.2, 0) is 0 Å². The minimum atomic E-state index is -0.488. The lowest BCUT2D eigenvalue weighted by Crippen LogP contribution is -1.96. The molecule has 0 radical (unpaired) electrons. The van der Waals surface area contributed by atoms with Crippen molar-refractivity contribution in [2.24, 2.45) is 0 Å². The van der Waals surface area contributed by atoms with Gasteiger partial charge in [-0.25, -0.2) is 4.39 Å². The molecule has 16 heavy (non-hydrogen) atoms. The molecule has 0 bridgehead atoms. The van der Waals surface area contributed by atoms with Crippen molar-refractivity contribution in [2.75, 3.05) is 0 Å². The Kier molecular flexibility index (Phi) is 2.81. The highest BCUT2D eigenvalue weighted by molar-refractivity contribution is 5.80. The van der Waals surface area contributed by atoms with Crippen LogP contribution >= 0.6 is 0 Å². The molecule has 0 saturated carbocycles. The molecular formula is C12H10FNO2. The summed E-state index contributed by atoms with van der Waals surface area (Å²) in [5.41, 5.74) is 1.01. The Balaban J connectivity index is 2.53. The van der Waals surface area contributed by atoms with Gasteiger partial charge in [-0.3, -0.25) is 10.1 Å². The number of benzene rings is 1. The van der Waals surface area contributed by atoms with E-state index in [0.29, 0.717) is 5.56 Å². The molecule has 4 heteroatoms. The molecule has 0 spiro atoms. The first-order valence-corrected chi connectivity index (χ1v) is 4.99. The normalized spacial score (nSPS) is 14.7. The molecular weight excluding hydrogens is 209 g/mol. The maximum atomic E-state index is 13.1. The van der Waals surface area contributed by atoms with Crippen LogP contribution in [0.3, 0.4) is 0 Å². The number of rotatable bonds is 2. The molecule has 1 aliphatic rings. The first kappa shape index (κ1) is 10.5. The van der Waals surface area contributed by atoms with Gasteiger partial charge in [-0.15, -0.1) is 0 Å². The molecule has 0 aromatic heterocycles. The fourth-order valence-electron chi connectivity index (χ4n) is 1.71. The van der Waals surface area contributed by atoms with E-state index in [-0.39, 0.29) is 5.69 Å². The van der Waals surface area contributed by atoms with Gasteiger partial charge in [0.2, 0.25) is 0 Å². The number of nitrogens with zero attached hydrogens (tertiary/aromatic N) is 1. The number of hydrogen-bond donors (Lipinski definition) is 0. The smallest absolute Gasteiger partial charge is 0.258 e. The van der Waals surface area contributed by atoms with E-state index in [2.05, 4.69) is 0 Å². The highest BCUT2D eigenvalue weighted by atomic mass is 19.1. The topological polar surface area (TPSA) is 43.1 Å². The molecule has 0 aliphatic heterocycles. The molecule has 1 aromatic rings. The second-order valence-electron chi connectivity index (χ2n) is 3.56. The largest absolute Gasteiger partial charge is 0.277 e. The van der Waals surface area contributed by atoms with E-state index >= 15 is 0 Å². The Morgan fingerprint density at radius 1 is 1.31 bits per heavy atom. The van der Waals surface area contributed by atoms with Crippen molar-refractivity contribution in [2.45, 2.75) is 12.8 Å². The summed E-state index contributed by atoms with van der Waals surface area (Å²) in [6.07, 6.45) is 7.38. The van der Waals surface area contributed by atoms with Crippen LogP contribution in [0.15, 0.2) is 36.4 Å². The molecule has 2 rings (SSSR count). The average Bonchev–Trinajstić information content (AvgIpc) is 2.29. The van der Waals surface area contributed by atoms with Crippen molar-refractivity contribution in [3.05, 3.63) is 57.9 Å². The Morgan fingerprint density at radius 3 is 2.75 bits per heavy atom. The van der Waals surface area contributed by atoms with Gasteiger partial charge in [-0.2, -0.15) is 0 Å². The molecule has 1 aromatic carbocycles. The standard InChI is InChI=1S/C12H10FNO2/c13-10-6-7-12(14(15)16)11(8-10)9-4-2-1-3-5-9/h2,4-8H,1,3H2. The maximum Gasteiger partial charge on any atom is 0.277 e. The Bertz CT molecular complexity index is 492. The van der Waals surface area contributed by atoms with Crippen molar-refractivity contribution < 1.29 is 9.31 Å². The first-order valence-electron chi connectivity index (χ1n) is 4.99. The number of allylic oxidation sites excluding steroid dienone is 4. The molecule has 0 unspecified atom stereocenters. The van der Waals surface area contributed by atoms with Crippen LogP contribution in [0.5, 0.6) is 0 Å². The third kappa shape index (κ3) is 2.00. The van der Waals surface area contributed by atoms with Gasteiger partial charge in [0.1, 0.15) is 5.82 Å². The first-order chi connectivity index (χ1) is 7.68. The van der Waals surface area contributed by atoms with E-state index in [1.807, 2.05) is 12.2 Å². The molecule has 3 nitrogen and oxygen atoms in total. The predicted molar refractivity (Wildman–Crippen MR) is 59.4 cm³/mol. The summed E-state index contributed by atoms with van der Waals surface area (Å²) in [4.78, 5) is 10.3. The predicted octanol–water partition coefficient (Wildman–Crippen LogP) is 3.47. The summed E-state index contributed by atoms with van der Waals surface area (Å²) >= 11 is 0. The van der Waals surface area contributed by atoms with Gasteiger partial charge in [0.05, 0.1) is 10.5 Å². The zero-order valence-corrected chi connectivity index (χ0v) is 8.52. The summed E-state index contributed by atoms with van der Waals surface area (Å²) in [5, 5.41) is 10.8. The van der Waals surface area contributed by atoms with Gasteiger partial charge in [-0.05, 0) is 30.5 Å². The lowest BCUT2D eigenvalue weighted by Gasteiger charge is -2.07. The van der Waals surface area contributed by atoms with Gasteiger partial charge >= 0.3 is 0 Å². The third-order valence-corrected chi connectivity index (χ3v) is 2.46. The fourth-order valence-corrected chi connectivity index (χ4v) is 1.71. The van der Waals surface area contributed by atoms with Crippen LogP contribution in [-0.4, -0.2) is 4.92 Å². The third-order valence-electron chi connectivity index (χ3n) is 2.46. The van der Waals surface area contributed by atoms with Crippen molar-refractivity contribution in [1.29, 1.82) is 0 Å². The Morgan fingerprint density at radius 2 is 2.12 bits per heavy atom. The highest BCUT2D eigenvalue weighted by Gasteiger charge is 2.17. The van der Waals surface area contributed by atoms with Crippen molar-refractivity contribution >= 4 is 11.3 Å². The fraction of sp³-hybridized carbons (Fsp3) is 0.167. The lowest BCUT2D eigenvalue weighted by atomic mass is 9.98. The monoisotopic (exact) mass is 219 g/mol. The van der Waals surface area contributed by atoms with Crippen LogP contribution < -0.4 is 0 Å². The minimum Gasteiger partial charge on any atom is -0.258 e. The van der Waals surface area contributed by atoms with Crippen molar-refractivity contribution in [1.82, 2.24) is 0 Å². The Hall–Kier alpha value is -1.97. The molecule has 1 aliphatic carbocycles. The van der Waals surface area contributed by atoms with Gasteiger partial charge in [0.15, 0.2) is 0 Å². The van der Waals surface area contributed by atoms with Crippen molar-refractivity contribution in [3.63, 3.8) is 0 Å². The second-order valence-corrected chi connectivity index (χ2v) is 3.56. The van der Waals surface area contributed by atoms with E-state index in [1.165, 1.54) is 12.1 Å². The van der Waals surface area contributed by atoms with Crippen LogP contribution in [0.25, 0.3) is 5.57 Å². The second kappa shape index (κ2) is 4.26. The zero-order chi connectivity index (χ0) is 11.5. The maximum absolute atomic E-state index is 13.1. The molecule has 0 fully saturated rings. The Labute approximate surface area is 92.1 Å². The van der Waals surface area contributed by atoms with Gasteiger partial charge < -0.3 is 0 Å². The quantitative estimate of drug-likeness (QED) is 0.564. The number of halogens is 1. The van der Waals surface area contributed by atoms with Crippen molar-refractivity contribution in [3.8, 4) is 0 Å². The molecule has 82 valence electrons. The number of hydrogen-bond acceptors (Lipinski definition) is 2. The molecule has 0 amide bonds. The van der Waals surface area contributed by atoms with E-state index in [4.69, 9.17) is 0 Å². The zero-order valence-electron chi connectivity index (χ0n) is 8.52. The SMILES string of the molecule is O=[N+]([O-])c1ccc(F)cc1C1=CCCC=C1. The average molecular weight is 219 g/mol. The number of nitro benzene ring substituents is 1. The van der Waals surface area contributed by atoms with E-state index in [9.17, 15) is 14.5 Å². The van der Waals surface area contributed by atoms with Gasteiger partial charge in [-0.1, -0.05) is 18.2 Å². The van der Waals surface area contributed by atoms with Crippen LogP contribution in [0, 0.1) is 15.9 Å². The summed E-state index contributed by atoms with van der Waals surface area (Å²) in [7, 11) is 0. The van der Waals surface area contributed by atoms with Crippen LogP contribution in [0.4, 0.5) is 10.1 Å². The lowest BCUT2D eigenvalue weighted by molar-refractivity contribution is -0.385. The van der Waals surface area contributed by atoms with E-state index in [1.54, 1.807) is 6.08 Å². The molecule has 0 atom stereocenters. The summed E-state index contributed by atoms with van der Waals surface area (Å²) in [6, 6.07) is 3.52. The van der Waals surface area contributed by atoms with Crippen LogP contribution in [0.1, 0.15) is 18.4 Å². The van der Waals surface area contributed by atoms with Crippen LogP contribution in [0.2, 0.25) is 0 Å². The summed E-state index contributed by atoms with van der Waals surface area (Å²) in [6.45, 7) is 0. The number of nitro groups is 1. The summed E-state index contributed by atoms with van der Waals surface area (Å²) < 4.78 is 13.1. The van der Waals surface area contributed by atoms with E-state index < -0.39 is 10.7 Å². The van der Waals surface area contributed by atoms with Gasteiger partial charge in [0, 0.05) is 6.07 Å². The summed E-state index contributed by atoms with van der Waals surface area (Å²) in [5.74, 6) is -0.458. The van der Waals surface area contributed by atoms with E-state index in [0.717, 1.165) is 24.5 Å². The highest BCUT2D eigenvalue weighted by Crippen LogP contribution is 2.29. The molecule has 0 N–H and O–H groups in total. The molecule has 0 heterocycles. The molecule has 0 saturated heterocycles. The van der Waals surface area contributed by atoms with Gasteiger partial charge in [0.25, 0.3) is 5.69 Å².